The highest BCUT2D eigenvalue weighted by molar-refractivity contribution is 5.89. The molecule has 34 heavy (non-hydrogen) atoms. The lowest BCUT2D eigenvalue weighted by atomic mass is 10.00. The second kappa shape index (κ2) is 20.3. The van der Waals surface area contributed by atoms with Crippen LogP contribution in [0.25, 0.3) is 0 Å². The van der Waals surface area contributed by atoms with Crippen LogP contribution >= 0.6 is 0 Å². The first kappa shape index (κ1) is 31.9. The zero-order valence-electron chi connectivity index (χ0n) is 21.8. The van der Waals surface area contributed by atoms with Crippen LogP contribution in [0.1, 0.15) is 118 Å². The molecule has 0 saturated carbocycles. The summed E-state index contributed by atoms with van der Waals surface area (Å²) in [6.07, 6.45) is 7.58. The predicted molar refractivity (Wildman–Crippen MR) is 131 cm³/mol. The molecule has 0 aromatic rings. The SMILES string of the molecule is CCCC[C@@H](CC)C(=O)OCCC(=O)CCC(=O)CCC(=O)CCOC(=O)[C@@H](CC)CCCC. The van der Waals surface area contributed by atoms with Crippen molar-refractivity contribution in [2.24, 2.45) is 11.8 Å². The molecule has 0 bridgehead atoms. The van der Waals surface area contributed by atoms with Crippen molar-refractivity contribution in [3.8, 4) is 0 Å². The van der Waals surface area contributed by atoms with Crippen LogP contribution in [0.4, 0.5) is 0 Å². The monoisotopic (exact) mass is 482 g/mol. The molecule has 2 atom stereocenters. The smallest absolute Gasteiger partial charge is 0.308 e. The molecule has 0 spiro atoms. The highest BCUT2D eigenvalue weighted by Gasteiger charge is 2.19. The first-order valence-electron chi connectivity index (χ1n) is 13.2. The molecule has 7 nitrogen and oxygen atoms in total. The normalized spacial score (nSPS) is 12.6. The Morgan fingerprint density at radius 1 is 0.529 bits per heavy atom. The summed E-state index contributed by atoms with van der Waals surface area (Å²) in [6.45, 7) is 8.13. The quantitative estimate of drug-likeness (QED) is 0.186. The van der Waals surface area contributed by atoms with E-state index < -0.39 is 0 Å². The summed E-state index contributed by atoms with van der Waals surface area (Å²) >= 11 is 0. The maximum absolute atomic E-state index is 12.0. The van der Waals surface area contributed by atoms with Gasteiger partial charge in [0.05, 0.1) is 25.0 Å². The van der Waals surface area contributed by atoms with Crippen molar-refractivity contribution in [3.63, 3.8) is 0 Å². The van der Waals surface area contributed by atoms with Crippen molar-refractivity contribution in [2.45, 2.75) is 118 Å². The number of rotatable bonds is 22. The van der Waals surface area contributed by atoms with E-state index in [1.165, 1.54) is 0 Å². The molecule has 0 amide bonds. The lowest BCUT2D eigenvalue weighted by Gasteiger charge is -2.13. The minimum Gasteiger partial charge on any atom is -0.465 e. The van der Waals surface area contributed by atoms with Crippen LogP contribution in [0.2, 0.25) is 0 Å². The van der Waals surface area contributed by atoms with Crippen LogP contribution in [-0.4, -0.2) is 42.5 Å². The largest absolute Gasteiger partial charge is 0.465 e. The van der Waals surface area contributed by atoms with Gasteiger partial charge in [0.15, 0.2) is 0 Å². The molecule has 0 rings (SSSR count). The Bertz CT molecular complexity index is 574. The Balaban J connectivity index is 3.98. The first-order valence-corrected chi connectivity index (χ1v) is 13.2. The van der Waals surface area contributed by atoms with Gasteiger partial charge in [-0.15, -0.1) is 0 Å². The Hall–Kier alpha value is -2.05. The van der Waals surface area contributed by atoms with Crippen molar-refractivity contribution in [1.29, 1.82) is 0 Å². The van der Waals surface area contributed by atoms with Gasteiger partial charge in [0, 0.05) is 38.5 Å². The van der Waals surface area contributed by atoms with Crippen LogP contribution in [0, 0.1) is 11.8 Å². The lowest BCUT2D eigenvalue weighted by molar-refractivity contribution is -0.150. The van der Waals surface area contributed by atoms with Gasteiger partial charge < -0.3 is 9.47 Å². The van der Waals surface area contributed by atoms with Gasteiger partial charge in [-0.3, -0.25) is 24.0 Å². The molecular weight excluding hydrogens is 436 g/mol. The van der Waals surface area contributed by atoms with Crippen molar-refractivity contribution >= 4 is 29.3 Å². The topological polar surface area (TPSA) is 104 Å². The summed E-state index contributed by atoms with van der Waals surface area (Å²) in [5.41, 5.74) is 0. The Morgan fingerprint density at radius 3 is 1.15 bits per heavy atom. The maximum atomic E-state index is 12.0. The summed E-state index contributed by atoms with van der Waals surface area (Å²) in [7, 11) is 0. The van der Waals surface area contributed by atoms with E-state index in [-0.39, 0.29) is 92.9 Å². The van der Waals surface area contributed by atoms with Gasteiger partial charge >= 0.3 is 11.9 Å². The van der Waals surface area contributed by atoms with E-state index in [2.05, 4.69) is 13.8 Å². The Morgan fingerprint density at radius 2 is 0.853 bits per heavy atom. The molecule has 0 aliphatic carbocycles. The van der Waals surface area contributed by atoms with Crippen LogP contribution < -0.4 is 0 Å². The van der Waals surface area contributed by atoms with E-state index in [9.17, 15) is 24.0 Å². The summed E-state index contributed by atoms with van der Waals surface area (Å²) in [6, 6.07) is 0. The van der Waals surface area contributed by atoms with Gasteiger partial charge in [0.1, 0.15) is 17.3 Å². The van der Waals surface area contributed by atoms with Crippen molar-refractivity contribution in [2.75, 3.05) is 13.2 Å². The standard InChI is InChI=1S/C27H46O7/c1-5-9-11-21(7-3)26(31)33-19-17-24(29)15-13-23(28)14-16-25(30)18-20-34-27(32)22(8-4)12-10-6-2/h21-22H,5-20H2,1-4H3/t21-,22+. The number of carbonyl (C=O) groups excluding carboxylic acids is 5. The number of hydrogen-bond acceptors (Lipinski definition) is 7. The third-order valence-electron chi connectivity index (χ3n) is 6.08. The molecule has 0 heterocycles. The summed E-state index contributed by atoms with van der Waals surface area (Å²) in [4.78, 5) is 60.0. The molecule has 0 N–H and O–H groups in total. The van der Waals surface area contributed by atoms with Gasteiger partial charge in [0.2, 0.25) is 0 Å². The Labute approximate surface area is 205 Å². The van der Waals surface area contributed by atoms with Crippen LogP contribution in [-0.2, 0) is 33.4 Å². The van der Waals surface area contributed by atoms with E-state index in [0.29, 0.717) is 0 Å². The van der Waals surface area contributed by atoms with Crippen molar-refractivity contribution in [3.05, 3.63) is 0 Å². The van der Waals surface area contributed by atoms with Crippen LogP contribution in [0.5, 0.6) is 0 Å². The molecule has 0 unspecified atom stereocenters. The number of unbranched alkanes of at least 4 members (excludes halogenated alkanes) is 2. The molecule has 0 saturated heterocycles. The fourth-order valence-electron chi connectivity index (χ4n) is 3.58. The fourth-order valence-corrected chi connectivity index (χ4v) is 3.58. The molecule has 0 aliphatic heterocycles. The zero-order valence-corrected chi connectivity index (χ0v) is 21.8. The van der Waals surface area contributed by atoms with E-state index in [0.717, 1.165) is 51.4 Å². The Kier molecular flexibility index (Phi) is 19.1. The lowest BCUT2D eigenvalue weighted by Crippen LogP contribution is -2.19. The zero-order chi connectivity index (χ0) is 25.8. The van der Waals surface area contributed by atoms with Crippen LogP contribution in [0.15, 0.2) is 0 Å². The molecule has 196 valence electrons. The average Bonchev–Trinajstić information content (AvgIpc) is 2.82. The first-order chi connectivity index (χ1) is 16.3. The number of ether oxygens (including phenoxy) is 2. The third-order valence-corrected chi connectivity index (χ3v) is 6.08. The minimum atomic E-state index is -0.254. The molecule has 7 heteroatoms. The molecule has 0 aliphatic rings. The predicted octanol–water partition coefficient (Wildman–Crippen LogP) is 5.55. The summed E-state index contributed by atoms with van der Waals surface area (Å²) in [5, 5.41) is 0. The number of ketones is 3. The third kappa shape index (κ3) is 15.7. The number of Topliss-reactive ketones (excluding diaryl/α,β-unsaturated/α-hetero) is 3. The van der Waals surface area contributed by atoms with Gasteiger partial charge in [-0.2, -0.15) is 0 Å². The molecule has 0 aromatic carbocycles. The second-order valence-corrected chi connectivity index (χ2v) is 8.95. The van der Waals surface area contributed by atoms with E-state index in [4.69, 9.17) is 9.47 Å². The van der Waals surface area contributed by atoms with E-state index in [1.807, 2.05) is 13.8 Å². The van der Waals surface area contributed by atoms with Crippen LogP contribution in [0.3, 0.4) is 0 Å². The molecule has 0 aromatic heterocycles. The number of hydrogen-bond donors (Lipinski definition) is 0. The highest BCUT2D eigenvalue weighted by atomic mass is 16.5. The molecule has 0 fully saturated rings. The summed E-state index contributed by atoms with van der Waals surface area (Å²) in [5.74, 6) is -1.15. The van der Waals surface area contributed by atoms with Crippen molar-refractivity contribution < 1.29 is 33.4 Å². The average molecular weight is 483 g/mol. The maximum Gasteiger partial charge on any atom is 0.308 e. The van der Waals surface area contributed by atoms with Gasteiger partial charge in [-0.25, -0.2) is 0 Å². The number of esters is 2. The van der Waals surface area contributed by atoms with Gasteiger partial charge in [-0.05, 0) is 25.7 Å². The second-order valence-electron chi connectivity index (χ2n) is 8.95. The summed E-state index contributed by atoms with van der Waals surface area (Å²) < 4.78 is 10.4. The fraction of sp³-hybridized carbons (Fsp3) is 0.815. The van der Waals surface area contributed by atoms with Crippen molar-refractivity contribution in [1.82, 2.24) is 0 Å². The van der Waals surface area contributed by atoms with E-state index in [1.54, 1.807) is 0 Å². The van der Waals surface area contributed by atoms with E-state index >= 15 is 0 Å². The molecule has 0 radical (unpaired) electrons. The minimum absolute atomic E-state index is 0.0447. The number of carbonyl (C=O) groups is 5. The van der Waals surface area contributed by atoms with Gasteiger partial charge in [-0.1, -0.05) is 53.4 Å². The molecular formula is C27H46O7. The van der Waals surface area contributed by atoms with Gasteiger partial charge in [0.25, 0.3) is 0 Å². The highest BCUT2D eigenvalue weighted by Crippen LogP contribution is 2.15.